The number of rotatable bonds is 1. The van der Waals surface area contributed by atoms with Gasteiger partial charge in [0.25, 0.3) is 0 Å². The fourth-order valence-corrected chi connectivity index (χ4v) is 1.55. The Labute approximate surface area is 76.7 Å². The van der Waals surface area contributed by atoms with E-state index in [1.165, 1.54) is 12.5 Å². The van der Waals surface area contributed by atoms with Crippen molar-refractivity contribution in [3.05, 3.63) is 29.3 Å². The van der Waals surface area contributed by atoms with Crippen LogP contribution in [0.25, 0.3) is 0 Å². The molecule has 1 aliphatic heterocycles. The molecule has 0 radical (unpaired) electrons. The average molecular weight is 177 g/mol. The minimum absolute atomic E-state index is 0.264. The Hall–Kier alpha value is -1.35. The molecule has 1 aliphatic rings. The van der Waals surface area contributed by atoms with E-state index >= 15 is 0 Å². The molecule has 1 aromatic carbocycles. The fraction of sp³-hybridized carbons (Fsp3) is 0.300. The summed E-state index contributed by atoms with van der Waals surface area (Å²) in [5.74, 6) is 0.426. The third kappa shape index (κ3) is 1.55. The van der Waals surface area contributed by atoms with Crippen molar-refractivity contribution in [2.45, 2.75) is 20.0 Å². The highest BCUT2D eigenvalue weighted by Crippen LogP contribution is 2.25. The third-order valence-electron chi connectivity index (χ3n) is 2.10. The van der Waals surface area contributed by atoms with Gasteiger partial charge in [0.2, 0.25) is 0 Å². The van der Waals surface area contributed by atoms with Gasteiger partial charge in [-0.15, -0.1) is 0 Å². The van der Waals surface area contributed by atoms with Crippen molar-refractivity contribution in [3.8, 4) is 5.75 Å². The first-order valence-corrected chi connectivity index (χ1v) is 4.27. The number of hydrogen-bond acceptors (Lipinski definition) is 3. The molecule has 0 aromatic heterocycles. The Morgan fingerprint density at radius 3 is 3.08 bits per heavy atom. The normalized spacial score (nSPS) is 13.9. The van der Waals surface area contributed by atoms with Gasteiger partial charge in [0.05, 0.1) is 0 Å². The minimum Gasteiger partial charge on any atom is -0.426 e. The van der Waals surface area contributed by atoms with Crippen LogP contribution in [-0.2, 0) is 17.9 Å². The van der Waals surface area contributed by atoms with Gasteiger partial charge in [-0.05, 0) is 11.6 Å². The van der Waals surface area contributed by atoms with E-state index in [4.69, 9.17) is 4.74 Å². The Bertz CT molecular complexity index is 347. The number of esters is 1. The van der Waals surface area contributed by atoms with Gasteiger partial charge in [0.1, 0.15) is 5.75 Å². The van der Waals surface area contributed by atoms with E-state index in [0.717, 1.165) is 18.7 Å². The molecule has 1 aromatic rings. The van der Waals surface area contributed by atoms with Crippen molar-refractivity contribution in [1.82, 2.24) is 5.32 Å². The summed E-state index contributed by atoms with van der Waals surface area (Å²) in [7, 11) is 0. The number of carbonyl (C=O) groups is 1. The maximum absolute atomic E-state index is 10.8. The summed E-state index contributed by atoms with van der Waals surface area (Å²) in [4.78, 5) is 10.8. The monoisotopic (exact) mass is 177 g/mol. The van der Waals surface area contributed by atoms with Crippen LogP contribution in [0.1, 0.15) is 18.1 Å². The van der Waals surface area contributed by atoms with Crippen LogP contribution < -0.4 is 10.1 Å². The van der Waals surface area contributed by atoms with E-state index in [9.17, 15) is 4.79 Å². The molecule has 1 heterocycles. The van der Waals surface area contributed by atoms with E-state index in [2.05, 4.69) is 5.32 Å². The summed E-state index contributed by atoms with van der Waals surface area (Å²) >= 11 is 0. The molecule has 0 amide bonds. The Balaban J connectivity index is 2.36. The van der Waals surface area contributed by atoms with Crippen molar-refractivity contribution in [1.29, 1.82) is 0 Å². The van der Waals surface area contributed by atoms with Crippen molar-refractivity contribution >= 4 is 5.97 Å². The van der Waals surface area contributed by atoms with Crippen LogP contribution in [0.5, 0.6) is 5.75 Å². The standard InChI is InChI=1S/C10H11NO2/c1-7(12)13-10-4-2-3-8-5-11-6-9(8)10/h2-4,11H,5-6H2,1H3. The van der Waals surface area contributed by atoms with E-state index in [0.29, 0.717) is 5.75 Å². The van der Waals surface area contributed by atoms with Gasteiger partial charge < -0.3 is 10.1 Å². The molecule has 0 spiro atoms. The lowest BCUT2D eigenvalue weighted by atomic mass is 10.1. The molecule has 3 nitrogen and oxygen atoms in total. The number of ether oxygens (including phenoxy) is 1. The van der Waals surface area contributed by atoms with Crippen LogP contribution in [0, 0.1) is 0 Å². The van der Waals surface area contributed by atoms with Gasteiger partial charge >= 0.3 is 5.97 Å². The first kappa shape index (κ1) is 8.26. The van der Waals surface area contributed by atoms with Crippen molar-refractivity contribution < 1.29 is 9.53 Å². The van der Waals surface area contributed by atoms with Gasteiger partial charge in [0, 0.05) is 25.6 Å². The molecule has 0 saturated carbocycles. The molecular weight excluding hydrogens is 166 g/mol. The molecule has 0 bridgehead atoms. The summed E-state index contributed by atoms with van der Waals surface area (Å²) < 4.78 is 5.08. The second-order valence-electron chi connectivity index (χ2n) is 3.09. The molecule has 3 heteroatoms. The maximum Gasteiger partial charge on any atom is 0.308 e. The topological polar surface area (TPSA) is 38.3 Å². The molecule has 0 atom stereocenters. The zero-order valence-electron chi connectivity index (χ0n) is 7.46. The lowest BCUT2D eigenvalue weighted by Gasteiger charge is -2.05. The second kappa shape index (κ2) is 3.18. The van der Waals surface area contributed by atoms with E-state index in [1.54, 1.807) is 0 Å². The predicted molar refractivity (Wildman–Crippen MR) is 48.3 cm³/mol. The summed E-state index contributed by atoms with van der Waals surface area (Å²) in [5.41, 5.74) is 2.33. The molecule has 0 fully saturated rings. The van der Waals surface area contributed by atoms with E-state index in [-0.39, 0.29) is 5.97 Å². The smallest absolute Gasteiger partial charge is 0.308 e. The van der Waals surface area contributed by atoms with Gasteiger partial charge in [-0.2, -0.15) is 0 Å². The van der Waals surface area contributed by atoms with Crippen LogP contribution >= 0.6 is 0 Å². The predicted octanol–water partition coefficient (Wildman–Crippen LogP) is 1.22. The zero-order chi connectivity index (χ0) is 9.26. The molecular formula is C10H11NO2. The van der Waals surface area contributed by atoms with Crippen LogP contribution in [0.3, 0.4) is 0 Å². The number of hydrogen-bond donors (Lipinski definition) is 1. The average Bonchev–Trinajstić information content (AvgIpc) is 2.51. The van der Waals surface area contributed by atoms with Crippen LogP contribution in [0.4, 0.5) is 0 Å². The minimum atomic E-state index is -0.264. The van der Waals surface area contributed by atoms with Crippen LogP contribution in [-0.4, -0.2) is 5.97 Å². The maximum atomic E-state index is 10.8. The number of fused-ring (bicyclic) bond motifs is 1. The highest BCUT2D eigenvalue weighted by atomic mass is 16.5. The first-order chi connectivity index (χ1) is 6.27. The van der Waals surface area contributed by atoms with Crippen molar-refractivity contribution in [2.75, 3.05) is 0 Å². The van der Waals surface area contributed by atoms with Crippen LogP contribution in [0.15, 0.2) is 18.2 Å². The molecule has 0 unspecified atom stereocenters. The van der Waals surface area contributed by atoms with Crippen molar-refractivity contribution in [3.63, 3.8) is 0 Å². The summed E-state index contributed by atoms with van der Waals surface area (Å²) in [6.07, 6.45) is 0. The second-order valence-corrected chi connectivity index (χ2v) is 3.09. The number of carbonyl (C=O) groups excluding carboxylic acids is 1. The van der Waals surface area contributed by atoms with Crippen molar-refractivity contribution in [2.24, 2.45) is 0 Å². The summed E-state index contributed by atoms with van der Waals surface area (Å²) in [6, 6.07) is 5.78. The SMILES string of the molecule is CC(=O)Oc1cccc2c1CNC2. The van der Waals surface area contributed by atoms with E-state index < -0.39 is 0 Å². The highest BCUT2D eigenvalue weighted by molar-refractivity contribution is 5.70. The van der Waals surface area contributed by atoms with Gasteiger partial charge in [-0.3, -0.25) is 4.79 Å². The number of nitrogens with one attached hydrogen (secondary N) is 1. The first-order valence-electron chi connectivity index (χ1n) is 4.27. The quantitative estimate of drug-likeness (QED) is 0.517. The Morgan fingerprint density at radius 1 is 1.46 bits per heavy atom. The zero-order valence-corrected chi connectivity index (χ0v) is 7.46. The Morgan fingerprint density at radius 2 is 2.31 bits per heavy atom. The van der Waals surface area contributed by atoms with Gasteiger partial charge in [0.15, 0.2) is 0 Å². The molecule has 13 heavy (non-hydrogen) atoms. The molecule has 0 saturated heterocycles. The van der Waals surface area contributed by atoms with Gasteiger partial charge in [-0.1, -0.05) is 12.1 Å². The molecule has 2 rings (SSSR count). The van der Waals surface area contributed by atoms with Gasteiger partial charge in [-0.25, -0.2) is 0 Å². The largest absolute Gasteiger partial charge is 0.426 e. The lowest BCUT2D eigenvalue weighted by Crippen LogP contribution is -2.05. The van der Waals surface area contributed by atoms with E-state index in [1.807, 2.05) is 18.2 Å². The third-order valence-corrected chi connectivity index (χ3v) is 2.10. The lowest BCUT2D eigenvalue weighted by molar-refractivity contribution is -0.131. The summed E-state index contributed by atoms with van der Waals surface area (Å²) in [6.45, 7) is 3.07. The Kier molecular flexibility index (Phi) is 2.02. The molecule has 68 valence electrons. The number of benzene rings is 1. The summed E-state index contributed by atoms with van der Waals surface area (Å²) in [5, 5.41) is 3.21. The molecule has 1 N–H and O–H groups in total. The molecule has 0 aliphatic carbocycles. The fourth-order valence-electron chi connectivity index (χ4n) is 1.55. The van der Waals surface area contributed by atoms with Crippen LogP contribution in [0.2, 0.25) is 0 Å². The highest BCUT2D eigenvalue weighted by Gasteiger charge is 2.15.